The van der Waals surface area contributed by atoms with E-state index in [4.69, 9.17) is 0 Å². The van der Waals surface area contributed by atoms with Gasteiger partial charge in [-0.05, 0) is 44.7 Å². The molecule has 30 heavy (non-hydrogen) atoms. The summed E-state index contributed by atoms with van der Waals surface area (Å²) < 4.78 is 26.5. The molecule has 2 N–H and O–H groups in total. The molecular formula is C21H34IN5O2S. The molecule has 1 aromatic carbocycles. The van der Waals surface area contributed by atoms with E-state index in [1.54, 1.807) is 7.05 Å². The van der Waals surface area contributed by atoms with Crippen molar-refractivity contribution in [2.45, 2.75) is 45.4 Å². The van der Waals surface area contributed by atoms with E-state index in [2.05, 4.69) is 34.6 Å². The largest absolute Gasteiger partial charge is 0.356 e. The number of nitrogens with zero attached hydrogens (tertiary/aromatic N) is 3. The summed E-state index contributed by atoms with van der Waals surface area (Å²) in [7, 11) is 0.552. The lowest BCUT2D eigenvalue weighted by atomic mass is 10.1. The second-order valence-electron chi connectivity index (χ2n) is 7.45. The van der Waals surface area contributed by atoms with Crippen molar-refractivity contribution >= 4 is 39.8 Å². The lowest BCUT2D eigenvalue weighted by Crippen LogP contribution is -2.43. The third kappa shape index (κ3) is 8.25. The quantitative estimate of drug-likeness (QED) is 0.218. The zero-order valence-corrected chi connectivity index (χ0v) is 21.6. The van der Waals surface area contributed by atoms with E-state index >= 15 is 0 Å². The molecule has 0 aliphatic heterocycles. The smallest absolute Gasteiger partial charge is 0.191 e. The molecule has 0 aliphatic carbocycles. The maximum absolute atomic E-state index is 12.3. The van der Waals surface area contributed by atoms with Gasteiger partial charge in [0, 0.05) is 32.4 Å². The van der Waals surface area contributed by atoms with E-state index in [-0.39, 0.29) is 41.5 Å². The van der Waals surface area contributed by atoms with Crippen molar-refractivity contribution in [2.24, 2.45) is 12.0 Å². The fraction of sp³-hybridized carbons (Fsp3) is 0.524. The van der Waals surface area contributed by atoms with Crippen LogP contribution in [-0.4, -0.2) is 49.5 Å². The number of aliphatic imine (C=N–C) groups is 1. The van der Waals surface area contributed by atoms with Crippen molar-refractivity contribution in [3.8, 4) is 0 Å². The Morgan fingerprint density at radius 1 is 1.23 bits per heavy atom. The molecule has 0 saturated heterocycles. The van der Waals surface area contributed by atoms with E-state index < -0.39 is 9.84 Å². The van der Waals surface area contributed by atoms with Gasteiger partial charge in [0.25, 0.3) is 0 Å². The Hall–Kier alpha value is -1.62. The number of halogens is 1. The molecule has 1 atom stereocenters. The van der Waals surface area contributed by atoms with Gasteiger partial charge in [-0.2, -0.15) is 5.10 Å². The zero-order chi connectivity index (χ0) is 21.4. The normalized spacial score (nSPS) is 12.9. The van der Waals surface area contributed by atoms with E-state index in [0.29, 0.717) is 18.9 Å². The molecule has 1 aromatic heterocycles. The molecule has 0 amide bonds. The number of sulfone groups is 1. The monoisotopic (exact) mass is 547 g/mol. The van der Waals surface area contributed by atoms with Gasteiger partial charge in [0.2, 0.25) is 0 Å². The summed E-state index contributed by atoms with van der Waals surface area (Å²) in [6.45, 7) is 6.75. The van der Waals surface area contributed by atoms with Crippen LogP contribution in [0.15, 0.2) is 35.3 Å². The summed E-state index contributed by atoms with van der Waals surface area (Å²) in [6, 6.07) is 9.46. The van der Waals surface area contributed by atoms with Crippen LogP contribution in [0.5, 0.6) is 0 Å². The van der Waals surface area contributed by atoms with Gasteiger partial charge in [0.05, 0.1) is 17.2 Å². The standard InChI is InChI=1S/C21H33N5O2S.HI/c1-16(14-20-17(2)25-26(5)18(20)3)24-21(22-4)23-12-9-13-29(27,28)15-19-10-7-6-8-11-19;/h6-8,10-11,16H,9,12-15H2,1-5H3,(H2,22,23,24);1H. The number of hydrogen-bond acceptors (Lipinski definition) is 4. The van der Waals surface area contributed by atoms with Crippen LogP contribution < -0.4 is 10.6 Å². The Bertz CT molecular complexity index is 926. The average Bonchev–Trinajstić information content (AvgIpc) is 2.90. The highest BCUT2D eigenvalue weighted by atomic mass is 127. The van der Waals surface area contributed by atoms with Crippen LogP contribution in [0.2, 0.25) is 0 Å². The van der Waals surface area contributed by atoms with Gasteiger partial charge < -0.3 is 10.6 Å². The van der Waals surface area contributed by atoms with Gasteiger partial charge in [-0.3, -0.25) is 9.67 Å². The Labute approximate surface area is 197 Å². The Morgan fingerprint density at radius 2 is 1.90 bits per heavy atom. The van der Waals surface area contributed by atoms with Crippen molar-refractivity contribution < 1.29 is 8.42 Å². The molecule has 7 nitrogen and oxygen atoms in total. The second kappa shape index (κ2) is 12.3. The van der Waals surface area contributed by atoms with Crippen molar-refractivity contribution in [3.63, 3.8) is 0 Å². The highest BCUT2D eigenvalue weighted by molar-refractivity contribution is 14.0. The fourth-order valence-corrected chi connectivity index (χ4v) is 4.73. The minimum absolute atomic E-state index is 0. The molecule has 0 spiro atoms. The van der Waals surface area contributed by atoms with Gasteiger partial charge >= 0.3 is 0 Å². The molecule has 0 aliphatic rings. The highest BCUT2D eigenvalue weighted by Gasteiger charge is 2.15. The molecular weight excluding hydrogens is 513 g/mol. The second-order valence-corrected chi connectivity index (χ2v) is 9.64. The first-order valence-electron chi connectivity index (χ1n) is 9.92. The number of aryl methyl sites for hydroxylation is 2. The number of benzene rings is 1. The van der Waals surface area contributed by atoms with Gasteiger partial charge in [0.1, 0.15) is 0 Å². The lowest BCUT2D eigenvalue weighted by Gasteiger charge is -2.18. The Balaban J connectivity index is 0.00000450. The molecule has 0 saturated carbocycles. The van der Waals surface area contributed by atoms with E-state index in [9.17, 15) is 8.42 Å². The summed E-state index contributed by atoms with van der Waals surface area (Å²) >= 11 is 0. The maximum atomic E-state index is 12.3. The lowest BCUT2D eigenvalue weighted by molar-refractivity contribution is 0.590. The van der Waals surface area contributed by atoms with Gasteiger partial charge in [0.15, 0.2) is 15.8 Å². The predicted octanol–water partition coefficient (Wildman–Crippen LogP) is 2.76. The van der Waals surface area contributed by atoms with Crippen molar-refractivity contribution in [1.29, 1.82) is 0 Å². The summed E-state index contributed by atoms with van der Waals surface area (Å²) in [5.41, 5.74) is 4.29. The van der Waals surface area contributed by atoms with Gasteiger partial charge in [-0.15, -0.1) is 24.0 Å². The van der Waals surface area contributed by atoms with Gasteiger partial charge in [-0.25, -0.2) is 8.42 Å². The average molecular weight is 548 g/mol. The molecule has 1 heterocycles. The van der Waals surface area contributed by atoms with Crippen LogP contribution >= 0.6 is 24.0 Å². The number of nitrogens with one attached hydrogen (secondary N) is 2. The van der Waals surface area contributed by atoms with Gasteiger partial charge in [-0.1, -0.05) is 30.3 Å². The molecule has 2 rings (SSSR count). The molecule has 0 radical (unpaired) electrons. The molecule has 9 heteroatoms. The van der Waals surface area contributed by atoms with E-state index in [0.717, 1.165) is 17.7 Å². The molecule has 1 unspecified atom stereocenters. The summed E-state index contributed by atoms with van der Waals surface area (Å²) in [5, 5.41) is 11.0. The number of hydrogen-bond donors (Lipinski definition) is 2. The first-order chi connectivity index (χ1) is 13.7. The fourth-order valence-electron chi connectivity index (χ4n) is 3.30. The first kappa shape index (κ1) is 26.4. The van der Waals surface area contributed by atoms with Crippen LogP contribution in [0.25, 0.3) is 0 Å². The van der Waals surface area contributed by atoms with E-state index in [1.807, 2.05) is 49.0 Å². The number of guanidine groups is 1. The van der Waals surface area contributed by atoms with Crippen molar-refractivity contribution in [3.05, 3.63) is 52.8 Å². The number of rotatable bonds is 9. The van der Waals surface area contributed by atoms with Crippen molar-refractivity contribution in [1.82, 2.24) is 20.4 Å². The van der Waals surface area contributed by atoms with E-state index in [1.165, 1.54) is 11.3 Å². The SMILES string of the molecule is CN=C(NCCCS(=O)(=O)Cc1ccccc1)NC(C)Cc1c(C)nn(C)c1C.I. The Morgan fingerprint density at radius 3 is 2.47 bits per heavy atom. The third-order valence-electron chi connectivity index (χ3n) is 4.93. The summed E-state index contributed by atoms with van der Waals surface area (Å²) in [5.74, 6) is 0.911. The zero-order valence-electron chi connectivity index (χ0n) is 18.5. The molecule has 0 bridgehead atoms. The third-order valence-corrected chi connectivity index (χ3v) is 6.61. The maximum Gasteiger partial charge on any atom is 0.191 e. The van der Waals surface area contributed by atoms with Crippen LogP contribution in [0, 0.1) is 13.8 Å². The molecule has 2 aromatic rings. The van der Waals surface area contributed by atoms with Crippen LogP contribution in [0.1, 0.15) is 35.9 Å². The van der Waals surface area contributed by atoms with Crippen molar-refractivity contribution in [2.75, 3.05) is 19.3 Å². The Kier molecular flexibility index (Phi) is 10.8. The highest BCUT2D eigenvalue weighted by Crippen LogP contribution is 2.14. The van der Waals surface area contributed by atoms with Crippen LogP contribution in [0.3, 0.4) is 0 Å². The summed E-state index contributed by atoms with van der Waals surface area (Å²) in [6.07, 6.45) is 1.38. The van der Waals surface area contributed by atoms with Crippen LogP contribution in [-0.2, 0) is 29.1 Å². The molecule has 168 valence electrons. The molecule has 0 fully saturated rings. The number of aromatic nitrogens is 2. The van der Waals surface area contributed by atoms with Crippen LogP contribution in [0.4, 0.5) is 0 Å². The first-order valence-corrected chi connectivity index (χ1v) is 11.7. The minimum Gasteiger partial charge on any atom is -0.356 e. The summed E-state index contributed by atoms with van der Waals surface area (Å²) in [4.78, 5) is 4.25. The predicted molar refractivity (Wildman–Crippen MR) is 134 cm³/mol. The topological polar surface area (TPSA) is 88.4 Å². The minimum atomic E-state index is -3.12.